The molecule has 1 saturated heterocycles. The van der Waals surface area contributed by atoms with Gasteiger partial charge >= 0.3 is 0 Å². The molecule has 1 fully saturated rings. The molecule has 0 atom stereocenters. The molecule has 1 aliphatic heterocycles. The first-order valence-electron chi connectivity index (χ1n) is 6.71. The first-order valence-corrected chi connectivity index (χ1v) is 7.90. The molecule has 1 aromatic heterocycles. The minimum Gasteiger partial charge on any atom is -0.317 e. The SMILES string of the molecule is Clc1ccc(Cc2ncc(C3CCNCC3)s2)cc1. The van der Waals surface area contributed by atoms with Crippen LogP contribution in [0.3, 0.4) is 0 Å². The fourth-order valence-electron chi connectivity index (χ4n) is 2.48. The Morgan fingerprint density at radius 2 is 1.95 bits per heavy atom. The van der Waals surface area contributed by atoms with E-state index in [1.54, 1.807) is 0 Å². The van der Waals surface area contributed by atoms with Crippen LogP contribution in [0.5, 0.6) is 0 Å². The van der Waals surface area contributed by atoms with Crippen molar-refractivity contribution < 1.29 is 0 Å². The Bertz CT molecular complexity index is 529. The molecule has 2 heterocycles. The van der Waals surface area contributed by atoms with E-state index in [2.05, 4.69) is 28.6 Å². The smallest absolute Gasteiger partial charge is 0.0971 e. The Morgan fingerprint density at radius 3 is 2.68 bits per heavy atom. The summed E-state index contributed by atoms with van der Waals surface area (Å²) in [4.78, 5) is 6.02. The fourth-order valence-corrected chi connectivity index (χ4v) is 3.73. The second-order valence-corrected chi connectivity index (χ2v) is 6.57. The topological polar surface area (TPSA) is 24.9 Å². The highest BCUT2D eigenvalue weighted by Gasteiger charge is 2.17. The Hall–Kier alpha value is -0.900. The van der Waals surface area contributed by atoms with Crippen LogP contribution in [0.4, 0.5) is 0 Å². The molecule has 0 amide bonds. The quantitative estimate of drug-likeness (QED) is 0.929. The number of rotatable bonds is 3. The molecule has 0 spiro atoms. The molecule has 0 aliphatic carbocycles. The van der Waals surface area contributed by atoms with Gasteiger partial charge in [0.1, 0.15) is 0 Å². The van der Waals surface area contributed by atoms with Gasteiger partial charge in [0, 0.05) is 22.5 Å². The van der Waals surface area contributed by atoms with Crippen molar-refractivity contribution in [1.82, 2.24) is 10.3 Å². The molecule has 0 bridgehead atoms. The third kappa shape index (κ3) is 3.35. The number of hydrogen-bond acceptors (Lipinski definition) is 3. The summed E-state index contributed by atoms with van der Waals surface area (Å²) in [5.74, 6) is 0.706. The molecule has 1 N–H and O–H groups in total. The highest BCUT2D eigenvalue weighted by molar-refractivity contribution is 7.11. The summed E-state index contributed by atoms with van der Waals surface area (Å²) < 4.78 is 0. The van der Waals surface area contributed by atoms with E-state index >= 15 is 0 Å². The average molecular weight is 293 g/mol. The number of halogens is 1. The van der Waals surface area contributed by atoms with Crippen molar-refractivity contribution in [3.8, 4) is 0 Å². The summed E-state index contributed by atoms with van der Waals surface area (Å²) in [5.41, 5.74) is 1.27. The average Bonchev–Trinajstić information content (AvgIpc) is 2.91. The van der Waals surface area contributed by atoms with Crippen LogP contribution in [0.15, 0.2) is 30.5 Å². The molecule has 100 valence electrons. The van der Waals surface area contributed by atoms with Gasteiger partial charge in [-0.1, -0.05) is 23.7 Å². The van der Waals surface area contributed by atoms with Crippen molar-refractivity contribution in [2.45, 2.75) is 25.2 Å². The maximum atomic E-state index is 5.90. The van der Waals surface area contributed by atoms with Crippen molar-refractivity contribution in [2.75, 3.05) is 13.1 Å². The summed E-state index contributed by atoms with van der Waals surface area (Å²) in [5, 5.41) is 5.40. The number of hydrogen-bond donors (Lipinski definition) is 1. The molecule has 3 rings (SSSR count). The van der Waals surface area contributed by atoms with E-state index in [0.717, 1.165) is 24.5 Å². The number of benzene rings is 1. The Morgan fingerprint density at radius 1 is 1.21 bits per heavy atom. The Kier molecular flexibility index (Phi) is 4.16. The summed E-state index contributed by atoms with van der Waals surface area (Å²) in [7, 11) is 0. The lowest BCUT2D eigenvalue weighted by Gasteiger charge is -2.20. The van der Waals surface area contributed by atoms with Gasteiger partial charge < -0.3 is 5.32 Å². The zero-order chi connectivity index (χ0) is 13.1. The third-order valence-electron chi connectivity index (χ3n) is 3.58. The molecular weight excluding hydrogens is 276 g/mol. The lowest BCUT2D eigenvalue weighted by atomic mass is 9.97. The number of nitrogens with one attached hydrogen (secondary N) is 1. The molecule has 1 aromatic carbocycles. The van der Waals surface area contributed by atoms with E-state index in [4.69, 9.17) is 11.6 Å². The molecule has 4 heteroatoms. The summed E-state index contributed by atoms with van der Waals surface area (Å²) in [6, 6.07) is 8.04. The van der Waals surface area contributed by atoms with Crippen LogP contribution >= 0.6 is 22.9 Å². The lowest BCUT2D eigenvalue weighted by molar-refractivity contribution is 0.465. The second kappa shape index (κ2) is 6.04. The van der Waals surface area contributed by atoms with E-state index in [0.29, 0.717) is 5.92 Å². The third-order valence-corrected chi connectivity index (χ3v) is 4.99. The standard InChI is InChI=1S/C15H17ClN2S/c16-13-3-1-11(2-4-13)9-15-18-10-14(19-15)12-5-7-17-8-6-12/h1-4,10,12,17H,5-9H2. The van der Waals surface area contributed by atoms with Crippen molar-refractivity contribution in [2.24, 2.45) is 0 Å². The van der Waals surface area contributed by atoms with Gasteiger partial charge in [-0.3, -0.25) is 0 Å². The number of nitrogens with zero attached hydrogens (tertiary/aromatic N) is 1. The molecule has 19 heavy (non-hydrogen) atoms. The van der Waals surface area contributed by atoms with E-state index in [1.165, 1.54) is 28.3 Å². The predicted octanol–water partition coefficient (Wildman–Crippen LogP) is 3.85. The number of aromatic nitrogens is 1. The van der Waals surface area contributed by atoms with Crippen molar-refractivity contribution in [3.63, 3.8) is 0 Å². The predicted molar refractivity (Wildman–Crippen MR) is 81.2 cm³/mol. The van der Waals surface area contributed by atoms with E-state index in [-0.39, 0.29) is 0 Å². The molecule has 0 saturated carbocycles. The van der Waals surface area contributed by atoms with Crippen LogP contribution in [-0.2, 0) is 6.42 Å². The Labute approximate surface area is 122 Å². The highest BCUT2D eigenvalue weighted by atomic mass is 35.5. The molecular formula is C15H17ClN2S. The van der Waals surface area contributed by atoms with Crippen LogP contribution in [-0.4, -0.2) is 18.1 Å². The monoisotopic (exact) mass is 292 g/mol. The molecule has 0 radical (unpaired) electrons. The maximum Gasteiger partial charge on any atom is 0.0971 e. The molecule has 2 aromatic rings. The molecule has 0 unspecified atom stereocenters. The van der Waals surface area contributed by atoms with Gasteiger partial charge in [-0.15, -0.1) is 11.3 Å². The first-order chi connectivity index (χ1) is 9.31. The summed E-state index contributed by atoms with van der Waals surface area (Å²) in [6.07, 6.45) is 5.46. The lowest BCUT2D eigenvalue weighted by Crippen LogP contribution is -2.26. The van der Waals surface area contributed by atoms with Gasteiger partial charge in [0.25, 0.3) is 0 Å². The normalized spacial score (nSPS) is 16.7. The second-order valence-electron chi connectivity index (χ2n) is 4.98. The Balaban J connectivity index is 1.68. The molecule has 1 aliphatic rings. The fraction of sp³-hybridized carbons (Fsp3) is 0.400. The van der Waals surface area contributed by atoms with Crippen LogP contribution in [0.1, 0.15) is 34.2 Å². The van der Waals surface area contributed by atoms with E-state index < -0.39 is 0 Å². The zero-order valence-electron chi connectivity index (χ0n) is 10.7. The van der Waals surface area contributed by atoms with Gasteiger partial charge in [-0.2, -0.15) is 0 Å². The minimum absolute atomic E-state index is 0.706. The van der Waals surface area contributed by atoms with Crippen molar-refractivity contribution in [3.05, 3.63) is 50.9 Å². The molecule has 2 nitrogen and oxygen atoms in total. The van der Waals surface area contributed by atoms with Gasteiger partial charge in [-0.25, -0.2) is 4.98 Å². The van der Waals surface area contributed by atoms with Gasteiger partial charge in [0.2, 0.25) is 0 Å². The van der Waals surface area contributed by atoms with E-state index in [9.17, 15) is 0 Å². The number of piperidine rings is 1. The van der Waals surface area contributed by atoms with Crippen LogP contribution < -0.4 is 5.32 Å². The van der Waals surface area contributed by atoms with Crippen molar-refractivity contribution >= 4 is 22.9 Å². The van der Waals surface area contributed by atoms with Gasteiger partial charge in [0.15, 0.2) is 0 Å². The highest BCUT2D eigenvalue weighted by Crippen LogP contribution is 2.30. The van der Waals surface area contributed by atoms with E-state index in [1.807, 2.05) is 23.5 Å². The summed E-state index contributed by atoms with van der Waals surface area (Å²) in [6.45, 7) is 2.27. The first kappa shape index (κ1) is 13.1. The largest absolute Gasteiger partial charge is 0.317 e. The summed E-state index contributed by atoms with van der Waals surface area (Å²) >= 11 is 7.77. The van der Waals surface area contributed by atoms with Gasteiger partial charge in [-0.05, 0) is 49.5 Å². The maximum absolute atomic E-state index is 5.90. The minimum atomic E-state index is 0.706. The van der Waals surface area contributed by atoms with Crippen LogP contribution in [0.25, 0.3) is 0 Å². The number of thiazole rings is 1. The van der Waals surface area contributed by atoms with Gasteiger partial charge in [0.05, 0.1) is 5.01 Å². The van der Waals surface area contributed by atoms with Crippen LogP contribution in [0.2, 0.25) is 5.02 Å². The van der Waals surface area contributed by atoms with Crippen molar-refractivity contribution in [1.29, 1.82) is 0 Å². The zero-order valence-corrected chi connectivity index (χ0v) is 12.3. The van der Waals surface area contributed by atoms with Crippen LogP contribution in [0, 0.1) is 0 Å².